The number of aromatic nitrogens is 2. The first-order valence-electron chi connectivity index (χ1n) is 13.9. The Kier molecular flexibility index (Phi) is 8.08. The van der Waals surface area contributed by atoms with E-state index in [1.54, 1.807) is 6.92 Å². The molecule has 9 nitrogen and oxygen atoms in total. The Hall–Kier alpha value is -2.94. The first-order valence-corrected chi connectivity index (χ1v) is 13.9. The second kappa shape index (κ2) is 11.6. The molecule has 0 saturated carbocycles. The van der Waals surface area contributed by atoms with Crippen molar-refractivity contribution in [3.63, 3.8) is 0 Å². The smallest absolute Gasteiger partial charge is 0.237 e. The largest absolute Gasteiger partial charge is 0.493 e. The van der Waals surface area contributed by atoms with Gasteiger partial charge in [0.25, 0.3) is 0 Å². The molecule has 9 heteroatoms. The molecular formula is C28H39N5O4. The molecule has 1 spiro atoms. The van der Waals surface area contributed by atoms with E-state index in [2.05, 4.69) is 32.5 Å². The fourth-order valence-electron chi connectivity index (χ4n) is 6.07. The predicted molar refractivity (Wildman–Crippen MR) is 138 cm³/mol. The number of nitrogens with zero attached hydrogens (tertiary/aromatic N) is 4. The molecule has 2 saturated heterocycles. The zero-order valence-corrected chi connectivity index (χ0v) is 21.9. The molecule has 1 atom stereocenters. The summed E-state index contributed by atoms with van der Waals surface area (Å²) in [5, 5.41) is 7.25. The van der Waals surface area contributed by atoms with Gasteiger partial charge in [-0.3, -0.25) is 14.5 Å². The van der Waals surface area contributed by atoms with E-state index < -0.39 is 0 Å². The first kappa shape index (κ1) is 25.7. The van der Waals surface area contributed by atoms with Crippen molar-refractivity contribution in [2.75, 3.05) is 39.3 Å². The monoisotopic (exact) mass is 509 g/mol. The second-order valence-corrected chi connectivity index (χ2v) is 10.7. The lowest BCUT2D eigenvalue weighted by molar-refractivity contribution is -0.137. The Morgan fingerprint density at radius 1 is 1.11 bits per heavy atom. The molecule has 3 aliphatic rings. The van der Waals surface area contributed by atoms with Crippen molar-refractivity contribution in [1.82, 2.24) is 25.3 Å². The lowest BCUT2D eigenvalue weighted by atomic mass is 9.73. The minimum Gasteiger partial charge on any atom is -0.493 e. The third kappa shape index (κ3) is 5.98. The highest BCUT2D eigenvalue weighted by Crippen LogP contribution is 2.38. The number of ether oxygens (including phenoxy) is 1. The molecule has 1 unspecified atom stereocenters. The zero-order chi connectivity index (χ0) is 25.7. The summed E-state index contributed by atoms with van der Waals surface area (Å²) in [5.41, 5.74) is 0.895. The molecule has 4 heterocycles. The highest BCUT2D eigenvalue weighted by atomic mass is 16.5. The van der Waals surface area contributed by atoms with Crippen LogP contribution in [0, 0.1) is 12.3 Å². The molecule has 2 amide bonds. The van der Waals surface area contributed by atoms with Crippen LogP contribution in [0.2, 0.25) is 0 Å². The number of carbonyl (C=O) groups is 2. The van der Waals surface area contributed by atoms with Crippen molar-refractivity contribution >= 4 is 11.8 Å². The Morgan fingerprint density at radius 2 is 1.95 bits per heavy atom. The molecule has 3 aliphatic heterocycles. The van der Waals surface area contributed by atoms with Gasteiger partial charge in [0.05, 0.1) is 24.6 Å². The Bertz CT molecular complexity index is 1080. The van der Waals surface area contributed by atoms with Gasteiger partial charge in [0, 0.05) is 20.0 Å². The number of para-hydroxylation sites is 1. The maximum atomic E-state index is 13.4. The van der Waals surface area contributed by atoms with Crippen LogP contribution in [0.15, 0.2) is 28.8 Å². The van der Waals surface area contributed by atoms with E-state index in [-0.39, 0.29) is 23.3 Å². The van der Waals surface area contributed by atoms with Crippen molar-refractivity contribution < 1.29 is 18.8 Å². The van der Waals surface area contributed by atoms with Gasteiger partial charge < -0.3 is 19.5 Å². The number of fused-ring (bicyclic) bond motifs is 1. The molecule has 1 aromatic carbocycles. The van der Waals surface area contributed by atoms with Gasteiger partial charge in [-0.15, -0.1) is 0 Å². The van der Waals surface area contributed by atoms with E-state index in [1.165, 1.54) is 5.56 Å². The maximum Gasteiger partial charge on any atom is 0.237 e. The van der Waals surface area contributed by atoms with E-state index in [1.807, 2.05) is 17.0 Å². The molecule has 1 N–H and O–H groups in total. The quantitative estimate of drug-likeness (QED) is 0.676. The Labute approximate surface area is 218 Å². The van der Waals surface area contributed by atoms with E-state index in [4.69, 9.17) is 9.26 Å². The molecule has 2 fully saturated rings. The van der Waals surface area contributed by atoms with Gasteiger partial charge in [-0.1, -0.05) is 29.8 Å². The van der Waals surface area contributed by atoms with Crippen molar-refractivity contribution in [2.24, 2.45) is 5.41 Å². The van der Waals surface area contributed by atoms with E-state index in [9.17, 15) is 9.59 Å². The summed E-state index contributed by atoms with van der Waals surface area (Å²) in [6.07, 6.45) is 8.05. The lowest BCUT2D eigenvalue weighted by Gasteiger charge is -2.41. The number of likely N-dealkylation sites (tertiary alicyclic amines) is 2. The normalized spacial score (nSPS) is 23.3. The fraction of sp³-hybridized carbons (Fsp3) is 0.643. The van der Waals surface area contributed by atoms with Gasteiger partial charge in [0.15, 0.2) is 5.82 Å². The molecule has 200 valence electrons. The van der Waals surface area contributed by atoms with Crippen LogP contribution >= 0.6 is 0 Å². The summed E-state index contributed by atoms with van der Waals surface area (Å²) < 4.78 is 11.1. The number of hydrogen-bond acceptors (Lipinski definition) is 7. The number of amides is 2. The summed E-state index contributed by atoms with van der Waals surface area (Å²) in [7, 11) is 0. The summed E-state index contributed by atoms with van der Waals surface area (Å²) in [6.45, 7) is 5.60. The van der Waals surface area contributed by atoms with Crippen LogP contribution in [0.25, 0.3) is 0 Å². The maximum absolute atomic E-state index is 13.4. The van der Waals surface area contributed by atoms with Crippen LogP contribution < -0.4 is 10.1 Å². The SMILES string of the molecule is Cc1nc(C2CCCN2C(=O)CN2CCC3(CCCCc4ccccc4OCCCNC3=O)CC2)no1. The molecule has 2 aromatic rings. The van der Waals surface area contributed by atoms with Crippen molar-refractivity contribution in [3.8, 4) is 5.75 Å². The second-order valence-electron chi connectivity index (χ2n) is 10.7. The Morgan fingerprint density at radius 3 is 2.76 bits per heavy atom. The van der Waals surface area contributed by atoms with Gasteiger partial charge in [-0.05, 0) is 76.1 Å². The van der Waals surface area contributed by atoms with Gasteiger partial charge in [-0.2, -0.15) is 4.98 Å². The van der Waals surface area contributed by atoms with Crippen LogP contribution in [-0.2, 0) is 16.0 Å². The molecule has 1 aromatic heterocycles. The summed E-state index contributed by atoms with van der Waals surface area (Å²) in [6, 6.07) is 8.17. The average Bonchev–Trinajstić information content (AvgIpc) is 3.57. The predicted octanol–water partition coefficient (Wildman–Crippen LogP) is 3.44. The molecular weight excluding hydrogens is 470 g/mol. The summed E-state index contributed by atoms with van der Waals surface area (Å²) in [5.74, 6) is 2.38. The van der Waals surface area contributed by atoms with Crippen molar-refractivity contribution in [1.29, 1.82) is 0 Å². The zero-order valence-electron chi connectivity index (χ0n) is 21.9. The molecule has 5 rings (SSSR count). The van der Waals surface area contributed by atoms with Crippen molar-refractivity contribution in [3.05, 3.63) is 41.5 Å². The number of nitrogens with one attached hydrogen (secondary N) is 1. The molecule has 0 aliphatic carbocycles. The molecule has 0 radical (unpaired) electrons. The number of hydrogen-bond donors (Lipinski definition) is 1. The first-order chi connectivity index (χ1) is 18.0. The van der Waals surface area contributed by atoms with Crippen LogP contribution in [-0.4, -0.2) is 71.1 Å². The van der Waals surface area contributed by atoms with Gasteiger partial charge in [-0.25, -0.2) is 0 Å². The minimum absolute atomic E-state index is 0.101. The van der Waals surface area contributed by atoms with Gasteiger partial charge in [0.2, 0.25) is 17.7 Å². The fourth-order valence-corrected chi connectivity index (χ4v) is 6.07. The van der Waals surface area contributed by atoms with Crippen LogP contribution in [0.4, 0.5) is 0 Å². The summed E-state index contributed by atoms with van der Waals surface area (Å²) in [4.78, 5) is 35.1. The topological polar surface area (TPSA) is 101 Å². The van der Waals surface area contributed by atoms with E-state index in [0.29, 0.717) is 31.4 Å². The third-order valence-corrected chi connectivity index (χ3v) is 8.26. The highest BCUT2D eigenvalue weighted by molar-refractivity contribution is 5.83. The number of carbonyl (C=O) groups excluding carboxylic acids is 2. The number of aryl methyl sites for hydroxylation is 2. The standard InChI is InChI=1S/C28H39N5O4/c1-21-30-26(31-37-21)23-10-6-16-33(23)25(34)20-32-17-13-28(14-18-32)12-5-4-9-22-8-2-3-11-24(22)36-19-7-15-29-27(28)35/h2-3,8,11,23H,4-7,9-10,12-20H2,1H3,(H,29,35). The van der Waals surface area contributed by atoms with E-state index in [0.717, 1.165) is 83.2 Å². The minimum atomic E-state index is -0.355. The van der Waals surface area contributed by atoms with E-state index >= 15 is 0 Å². The Balaban J connectivity index is 1.18. The van der Waals surface area contributed by atoms with Crippen LogP contribution in [0.3, 0.4) is 0 Å². The number of piperidine rings is 1. The van der Waals surface area contributed by atoms with Gasteiger partial charge in [0.1, 0.15) is 5.75 Å². The van der Waals surface area contributed by atoms with Gasteiger partial charge >= 0.3 is 0 Å². The van der Waals surface area contributed by atoms with Crippen LogP contribution in [0.5, 0.6) is 5.75 Å². The highest BCUT2D eigenvalue weighted by Gasteiger charge is 2.41. The lowest BCUT2D eigenvalue weighted by Crippen LogP contribution is -2.51. The average molecular weight is 510 g/mol. The van der Waals surface area contributed by atoms with Crippen LogP contribution in [0.1, 0.15) is 74.7 Å². The molecule has 0 bridgehead atoms. The third-order valence-electron chi connectivity index (χ3n) is 8.26. The molecule has 37 heavy (non-hydrogen) atoms. The number of rotatable bonds is 3. The number of benzene rings is 1. The van der Waals surface area contributed by atoms with Crippen molar-refractivity contribution in [2.45, 2.75) is 70.8 Å². The summed E-state index contributed by atoms with van der Waals surface area (Å²) >= 11 is 0.